The van der Waals surface area contributed by atoms with Crippen molar-refractivity contribution in [3.63, 3.8) is 0 Å². The van der Waals surface area contributed by atoms with E-state index in [-0.39, 0.29) is 4.91 Å². The van der Waals surface area contributed by atoms with E-state index in [1.807, 2.05) is 79.1 Å². The maximum absolute atomic E-state index is 12.5. The number of carbonyl (C=O) groups is 1. The van der Waals surface area contributed by atoms with Crippen LogP contribution in [0.3, 0.4) is 0 Å². The molecule has 39 heavy (non-hydrogen) atoms. The summed E-state index contributed by atoms with van der Waals surface area (Å²) in [6.07, 6.45) is 1.72. The third-order valence-electron chi connectivity index (χ3n) is 6.47. The molecule has 0 aliphatic rings. The fourth-order valence-electron chi connectivity index (χ4n) is 4.53. The minimum Gasteiger partial charge on any atom is -0.497 e. The fraction of sp³-hybridized carbons (Fsp3) is 0.167. The first-order valence-electron chi connectivity index (χ1n) is 12.4. The molecule has 0 atom stereocenters. The topological polar surface area (TPSA) is 102 Å². The van der Waals surface area contributed by atoms with E-state index in [2.05, 4.69) is 15.2 Å². The highest BCUT2D eigenvalue weighted by molar-refractivity contribution is 8.04. The Labute approximate surface area is 230 Å². The van der Waals surface area contributed by atoms with Crippen LogP contribution >= 0.6 is 11.8 Å². The number of hydrogen-bond donors (Lipinski definition) is 2. The van der Waals surface area contributed by atoms with Crippen LogP contribution in [0.4, 0.5) is 0 Å². The number of aliphatic carboxylic acids is 1. The van der Waals surface area contributed by atoms with Gasteiger partial charge in [0.05, 0.1) is 19.9 Å². The lowest BCUT2D eigenvalue weighted by atomic mass is 10.0. The summed E-state index contributed by atoms with van der Waals surface area (Å²) in [6, 6.07) is 21.4. The van der Waals surface area contributed by atoms with Crippen LogP contribution in [0.1, 0.15) is 18.1 Å². The van der Waals surface area contributed by atoms with Crippen molar-refractivity contribution in [2.75, 3.05) is 14.2 Å². The Morgan fingerprint density at radius 1 is 1.00 bits per heavy atom. The van der Waals surface area contributed by atoms with E-state index >= 15 is 0 Å². The first-order chi connectivity index (χ1) is 18.9. The third kappa shape index (κ3) is 5.13. The molecule has 0 radical (unpaired) electrons. The van der Waals surface area contributed by atoms with Crippen LogP contribution in [-0.4, -0.2) is 45.0 Å². The number of aromatic amines is 1. The molecule has 0 bridgehead atoms. The quantitative estimate of drug-likeness (QED) is 0.159. The van der Waals surface area contributed by atoms with Crippen molar-refractivity contribution in [1.29, 1.82) is 0 Å². The number of carboxylic acids is 1. The average Bonchev–Trinajstić information content (AvgIpc) is 3.54. The second-order valence-electron chi connectivity index (χ2n) is 8.84. The molecule has 9 heteroatoms. The van der Waals surface area contributed by atoms with Crippen LogP contribution in [0.2, 0.25) is 0 Å². The van der Waals surface area contributed by atoms with Gasteiger partial charge in [-0.25, -0.2) is 4.79 Å². The van der Waals surface area contributed by atoms with Gasteiger partial charge in [0.15, 0.2) is 11.0 Å². The molecule has 0 spiro atoms. The molecule has 8 nitrogen and oxygen atoms in total. The monoisotopic (exact) mass is 540 g/mol. The number of benzene rings is 3. The lowest BCUT2D eigenvalue weighted by Gasteiger charge is -2.10. The van der Waals surface area contributed by atoms with Gasteiger partial charge in [-0.3, -0.25) is 0 Å². The molecule has 0 fully saturated rings. The Morgan fingerprint density at radius 3 is 2.36 bits per heavy atom. The zero-order chi connectivity index (χ0) is 27.5. The Kier molecular flexibility index (Phi) is 7.42. The molecule has 5 rings (SSSR count). The molecule has 0 saturated carbocycles. The summed E-state index contributed by atoms with van der Waals surface area (Å²) in [7, 11) is 3.18. The summed E-state index contributed by atoms with van der Waals surface area (Å²) < 4.78 is 12.7. The molecule has 3 aromatic carbocycles. The number of aromatic nitrogens is 4. The van der Waals surface area contributed by atoms with Gasteiger partial charge in [-0.1, -0.05) is 48.5 Å². The van der Waals surface area contributed by atoms with Crippen LogP contribution in [0.15, 0.2) is 76.8 Å². The SMILES string of the molecule is CCn1c(S/C(=C\c2c(-c3ccccc3)[nH]c3c(C)cccc23)C(=O)O)nnc1-c1cc(OC)cc(OC)c1. The van der Waals surface area contributed by atoms with Gasteiger partial charge in [-0.15, -0.1) is 10.2 Å². The zero-order valence-electron chi connectivity index (χ0n) is 22.1. The van der Waals surface area contributed by atoms with Gasteiger partial charge in [-0.2, -0.15) is 0 Å². The standard InChI is InChI=1S/C30H28N4O4S/c1-5-34-28(20-14-21(37-3)16-22(15-20)38-4)32-33-30(34)39-25(29(35)36)17-24-23-13-9-10-18(2)26(23)31-27(24)19-11-7-6-8-12-19/h6-17,31H,5H2,1-4H3,(H,35,36)/b25-17-. The van der Waals surface area contributed by atoms with Gasteiger partial charge in [0.2, 0.25) is 0 Å². The summed E-state index contributed by atoms with van der Waals surface area (Å²) in [5.74, 6) is 0.794. The Bertz CT molecular complexity index is 1670. The van der Waals surface area contributed by atoms with Crippen molar-refractivity contribution in [3.05, 3.63) is 82.8 Å². The minimum absolute atomic E-state index is 0.131. The molecule has 2 aromatic heterocycles. The van der Waals surface area contributed by atoms with Crippen molar-refractivity contribution in [2.45, 2.75) is 25.5 Å². The van der Waals surface area contributed by atoms with Crippen molar-refractivity contribution < 1.29 is 19.4 Å². The van der Waals surface area contributed by atoms with Gasteiger partial charge in [0, 0.05) is 34.6 Å². The van der Waals surface area contributed by atoms with Gasteiger partial charge in [-0.05, 0) is 54.9 Å². The molecule has 0 amide bonds. The van der Waals surface area contributed by atoms with Crippen molar-refractivity contribution in [2.24, 2.45) is 0 Å². The van der Waals surface area contributed by atoms with E-state index in [1.165, 1.54) is 0 Å². The van der Waals surface area contributed by atoms with Gasteiger partial charge in [0.1, 0.15) is 16.4 Å². The Morgan fingerprint density at radius 2 is 1.72 bits per heavy atom. The van der Waals surface area contributed by atoms with E-state index in [1.54, 1.807) is 26.4 Å². The molecule has 2 heterocycles. The molecule has 0 unspecified atom stereocenters. The van der Waals surface area contributed by atoms with Crippen LogP contribution in [0.25, 0.3) is 39.6 Å². The third-order valence-corrected chi connectivity index (χ3v) is 7.47. The normalized spacial score (nSPS) is 11.6. The lowest BCUT2D eigenvalue weighted by molar-refractivity contribution is -0.131. The number of para-hydroxylation sites is 1. The molecule has 2 N–H and O–H groups in total. The number of aryl methyl sites for hydroxylation is 1. The maximum Gasteiger partial charge on any atom is 0.342 e. The average molecular weight is 541 g/mol. The van der Waals surface area contributed by atoms with Crippen molar-refractivity contribution in [1.82, 2.24) is 19.7 Å². The number of H-pyrrole nitrogens is 1. The molecule has 0 aliphatic carbocycles. The summed E-state index contributed by atoms with van der Waals surface area (Å²) >= 11 is 1.07. The van der Waals surface area contributed by atoms with E-state index in [0.717, 1.165) is 50.6 Å². The second-order valence-corrected chi connectivity index (χ2v) is 9.85. The molecule has 198 valence electrons. The molecular formula is C30H28N4O4S. The molecular weight excluding hydrogens is 512 g/mol. The number of methoxy groups -OCH3 is 2. The highest BCUT2D eigenvalue weighted by atomic mass is 32.2. The summed E-state index contributed by atoms with van der Waals surface area (Å²) in [5.41, 5.74) is 5.46. The number of fused-ring (bicyclic) bond motifs is 1. The number of thioether (sulfide) groups is 1. The highest BCUT2D eigenvalue weighted by Gasteiger charge is 2.21. The van der Waals surface area contributed by atoms with Crippen molar-refractivity contribution >= 4 is 34.7 Å². The number of rotatable bonds is 9. The van der Waals surface area contributed by atoms with Crippen molar-refractivity contribution in [3.8, 4) is 34.1 Å². The number of nitrogens with one attached hydrogen (secondary N) is 1. The summed E-state index contributed by atoms with van der Waals surface area (Å²) in [4.78, 5) is 16.2. The van der Waals surface area contributed by atoms with Crippen LogP contribution in [0.5, 0.6) is 11.5 Å². The van der Waals surface area contributed by atoms with Gasteiger partial charge < -0.3 is 24.1 Å². The fourth-order valence-corrected chi connectivity index (χ4v) is 5.40. The van der Waals surface area contributed by atoms with Crippen LogP contribution < -0.4 is 9.47 Å². The van der Waals surface area contributed by atoms with E-state index in [0.29, 0.717) is 29.0 Å². The summed E-state index contributed by atoms with van der Waals surface area (Å²) in [5, 5.41) is 20.4. The predicted octanol–water partition coefficient (Wildman–Crippen LogP) is 6.66. The van der Waals surface area contributed by atoms with E-state index in [9.17, 15) is 9.90 Å². The number of ether oxygens (including phenoxy) is 2. The minimum atomic E-state index is -1.05. The largest absolute Gasteiger partial charge is 0.497 e. The second kappa shape index (κ2) is 11.1. The van der Waals surface area contributed by atoms with Crippen LogP contribution in [-0.2, 0) is 11.3 Å². The van der Waals surface area contributed by atoms with E-state index in [4.69, 9.17) is 9.47 Å². The maximum atomic E-state index is 12.5. The number of nitrogens with zero attached hydrogens (tertiary/aromatic N) is 3. The number of hydrogen-bond acceptors (Lipinski definition) is 6. The lowest BCUT2D eigenvalue weighted by Crippen LogP contribution is -2.03. The van der Waals surface area contributed by atoms with E-state index < -0.39 is 5.97 Å². The van der Waals surface area contributed by atoms with Gasteiger partial charge in [0.25, 0.3) is 0 Å². The number of carboxylic acid groups (broad SMARTS) is 1. The zero-order valence-corrected chi connectivity index (χ0v) is 22.9. The first-order valence-corrected chi connectivity index (χ1v) is 13.2. The molecule has 5 aromatic rings. The predicted molar refractivity (Wildman–Crippen MR) is 154 cm³/mol. The van der Waals surface area contributed by atoms with Gasteiger partial charge >= 0.3 is 5.97 Å². The smallest absolute Gasteiger partial charge is 0.342 e. The molecule has 0 saturated heterocycles. The Hall–Kier alpha value is -4.50. The highest BCUT2D eigenvalue weighted by Crippen LogP contribution is 2.37. The Balaban J connectivity index is 1.61. The van der Waals surface area contributed by atoms with Crippen LogP contribution in [0, 0.1) is 6.92 Å². The first kappa shape index (κ1) is 26.1. The molecule has 0 aliphatic heterocycles. The summed E-state index contributed by atoms with van der Waals surface area (Å²) in [6.45, 7) is 4.54.